The zero-order chi connectivity index (χ0) is 10.1. The monoisotopic (exact) mass is 253 g/mol. The van der Waals surface area contributed by atoms with E-state index in [1.807, 2.05) is 6.92 Å². The first-order valence-electron chi connectivity index (χ1n) is 4.55. The van der Waals surface area contributed by atoms with Gasteiger partial charge in [0, 0.05) is 4.47 Å². The maximum Gasteiger partial charge on any atom is 0.104 e. The van der Waals surface area contributed by atoms with Crippen LogP contribution in [-0.2, 0) is 6.42 Å². The van der Waals surface area contributed by atoms with E-state index in [9.17, 15) is 0 Å². The van der Waals surface area contributed by atoms with Crippen LogP contribution in [0.5, 0.6) is 0 Å². The molecule has 3 N–H and O–H groups in total. The van der Waals surface area contributed by atoms with E-state index in [0.29, 0.717) is 6.54 Å². The molecule has 0 atom stereocenters. The second-order valence-corrected chi connectivity index (χ2v) is 4.19. The van der Waals surface area contributed by atoms with Gasteiger partial charge in [-0.15, -0.1) is 0 Å². The molecule has 0 radical (unpaired) electrons. The summed E-state index contributed by atoms with van der Waals surface area (Å²) in [6, 6.07) is 4.18. The quantitative estimate of drug-likeness (QED) is 0.862. The van der Waals surface area contributed by atoms with Gasteiger partial charge in [0.2, 0.25) is 0 Å². The molecule has 2 rings (SSSR count). The van der Waals surface area contributed by atoms with Gasteiger partial charge in [-0.2, -0.15) is 0 Å². The lowest BCUT2D eigenvalue weighted by Crippen LogP contribution is -2.02. The van der Waals surface area contributed by atoms with Crippen molar-refractivity contribution in [2.45, 2.75) is 13.3 Å². The van der Waals surface area contributed by atoms with Gasteiger partial charge in [-0.1, -0.05) is 0 Å². The smallest absolute Gasteiger partial charge is 0.104 e. The Balaban J connectivity index is 2.59. The van der Waals surface area contributed by atoms with Gasteiger partial charge in [-0.25, -0.2) is 4.98 Å². The van der Waals surface area contributed by atoms with Gasteiger partial charge >= 0.3 is 0 Å². The molecule has 1 aromatic carbocycles. The Morgan fingerprint density at radius 1 is 1.50 bits per heavy atom. The Labute approximate surface area is 90.8 Å². The number of aromatic amines is 1. The topological polar surface area (TPSA) is 54.7 Å². The van der Waals surface area contributed by atoms with E-state index in [1.165, 1.54) is 5.56 Å². The summed E-state index contributed by atoms with van der Waals surface area (Å²) in [5.41, 5.74) is 8.81. The third kappa shape index (κ3) is 1.67. The summed E-state index contributed by atoms with van der Waals surface area (Å²) >= 11 is 3.51. The molecule has 3 nitrogen and oxygen atoms in total. The van der Waals surface area contributed by atoms with Crippen LogP contribution in [-0.4, -0.2) is 16.5 Å². The number of imidazole rings is 1. The zero-order valence-corrected chi connectivity index (χ0v) is 9.56. The molecule has 2 aromatic rings. The van der Waals surface area contributed by atoms with Crippen molar-refractivity contribution in [3.8, 4) is 0 Å². The van der Waals surface area contributed by atoms with E-state index in [0.717, 1.165) is 27.8 Å². The van der Waals surface area contributed by atoms with Crippen LogP contribution < -0.4 is 5.73 Å². The highest BCUT2D eigenvalue weighted by atomic mass is 79.9. The van der Waals surface area contributed by atoms with Crippen LogP contribution in [0.3, 0.4) is 0 Å². The van der Waals surface area contributed by atoms with E-state index < -0.39 is 0 Å². The summed E-state index contributed by atoms with van der Waals surface area (Å²) in [5, 5.41) is 0. The Morgan fingerprint density at radius 3 is 3.00 bits per heavy atom. The van der Waals surface area contributed by atoms with Crippen molar-refractivity contribution < 1.29 is 0 Å². The minimum atomic E-state index is 0.672. The van der Waals surface area contributed by atoms with E-state index in [-0.39, 0.29) is 0 Å². The van der Waals surface area contributed by atoms with Gasteiger partial charge in [-0.3, -0.25) is 0 Å². The molecule has 1 heterocycles. The first kappa shape index (κ1) is 9.68. The molecule has 0 unspecified atom stereocenters. The highest BCUT2D eigenvalue weighted by Gasteiger charge is 2.05. The van der Waals surface area contributed by atoms with Crippen molar-refractivity contribution in [1.82, 2.24) is 9.97 Å². The maximum absolute atomic E-state index is 5.52. The van der Waals surface area contributed by atoms with E-state index in [4.69, 9.17) is 5.73 Å². The number of hydrogen-bond acceptors (Lipinski definition) is 2. The number of aryl methyl sites for hydroxylation is 1. The lowest BCUT2D eigenvalue weighted by molar-refractivity contribution is 0.969. The molecular weight excluding hydrogens is 242 g/mol. The van der Waals surface area contributed by atoms with Gasteiger partial charge in [0.15, 0.2) is 0 Å². The van der Waals surface area contributed by atoms with Crippen LogP contribution in [0.4, 0.5) is 0 Å². The third-order valence-electron chi connectivity index (χ3n) is 2.15. The molecule has 0 amide bonds. The molecule has 0 aliphatic heterocycles. The van der Waals surface area contributed by atoms with Crippen LogP contribution in [0.2, 0.25) is 0 Å². The first-order valence-corrected chi connectivity index (χ1v) is 5.35. The van der Waals surface area contributed by atoms with Gasteiger partial charge in [0.25, 0.3) is 0 Å². The second kappa shape index (κ2) is 3.71. The standard InChI is InChI=1S/C10H12BrN3/c1-6-13-9-5-7(2-3-12)4-8(11)10(9)14-6/h4-5H,2-3,12H2,1H3,(H,13,14). The summed E-state index contributed by atoms with van der Waals surface area (Å²) in [4.78, 5) is 7.60. The number of fused-ring (bicyclic) bond motifs is 1. The number of hydrogen-bond donors (Lipinski definition) is 2. The fraction of sp³-hybridized carbons (Fsp3) is 0.300. The van der Waals surface area contributed by atoms with Gasteiger partial charge in [0.05, 0.1) is 5.52 Å². The summed E-state index contributed by atoms with van der Waals surface area (Å²) in [6.45, 7) is 2.63. The number of aromatic nitrogens is 2. The molecule has 0 saturated heterocycles. The average Bonchev–Trinajstić information content (AvgIpc) is 2.47. The highest BCUT2D eigenvalue weighted by Crippen LogP contribution is 2.24. The van der Waals surface area contributed by atoms with Gasteiger partial charge in [0.1, 0.15) is 11.3 Å². The molecular formula is C10H12BrN3. The fourth-order valence-electron chi connectivity index (χ4n) is 1.57. The first-order chi connectivity index (χ1) is 6.70. The molecule has 0 aliphatic rings. The number of nitrogens with zero attached hydrogens (tertiary/aromatic N) is 1. The molecule has 74 valence electrons. The van der Waals surface area contributed by atoms with Crippen LogP contribution in [0.25, 0.3) is 11.0 Å². The zero-order valence-electron chi connectivity index (χ0n) is 7.97. The van der Waals surface area contributed by atoms with Crippen molar-refractivity contribution in [2.24, 2.45) is 5.73 Å². The number of benzene rings is 1. The largest absolute Gasteiger partial charge is 0.342 e. The third-order valence-corrected chi connectivity index (χ3v) is 2.76. The SMILES string of the molecule is Cc1nc2c(Br)cc(CCN)cc2[nH]1. The lowest BCUT2D eigenvalue weighted by Gasteiger charge is -2.00. The Kier molecular flexibility index (Phi) is 2.56. The molecule has 1 aromatic heterocycles. The van der Waals surface area contributed by atoms with E-state index in [2.05, 4.69) is 38.0 Å². The number of nitrogens with two attached hydrogens (primary N) is 1. The molecule has 0 saturated carbocycles. The molecule has 0 spiro atoms. The Hall–Kier alpha value is -0.870. The van der Waals surface area contributed by atoms with Crippen LogP contribution in [0.1, 0.15) is 11.4 Å². The summed E-state index contributed by atoms with van der Waals surface area (Å²) in [6.07, 6.45) is 0.895. The van der Waals surface area contributed by atoms with Crippen LogP contribution in [0.15, 0.2) is 16.6 Å². The molecule has 0 fully saturated rings. The summed E-state index contributed by atoms with van der Waals surface area (Å²) in [5.74, 6) is 0.936. The van der Waals surface area contributed by atoms with Crippen molar-refractivity contribution in [1.29, 1.82) is 0 Å². The van der Waals surface area contributed by atoms with Crippen molar-refractivity contribution in [2.75, 3.05) is 6.54 Å². The van der Waals surface area contributed by atoms with Gasteiger partial charge < -0.3 is 10.7 Å². The van der Waals surface area contributed by atoms with E-state index >= 15 is 0 Å². The van der Waals surface area contributed by atoms with Crippen LogP contribution >= 0.6 is 15.9 Å². The predicted octanol–water partition coefficient (Wildman–Crippen LogP) is 2.14. The minimum Gasteiger partial charge on any atom is -0.342 e. The van der Waals surface area contributed by atoms with Crippen molar-refractivity contribution in [3.63, 3.8) is 0 Å². The number of H-pyrrole nitrogens is 1. The predicted molar refractivity (Wildman–Crippen MR) is 61.3 cm³/mol. The van der Waals surface area contributed by atoms with E-state index in [1.54, 1.807) is 0 Å². The maximum atomic E-state index is 5.52. The number of rotatable bonds is 2. The Bertz CT molecular complexity index is 462. The van der Waals surface area contributed by atoms with Crippen LogP contribution in [0, 0.1) is 6.92 Å². The molecule has 0 aliphatic carbocycles. The van der Waals surface area contributed by atoms with Gasteiger partial charge in [-0.05, 0) is 53.5 Å². The minimum absolute atomic E-state index is 0.672. The summed E-state index contributed by atoms with van der Waals surface area (Å²) in [7, 11) is 0. The Morgan fingerprint density at radius 2 is 2.29 bits per heavy atom. The highest BCUT2D eigenvalue weighted by molar-refractivity contribution is 9.10. The summed E-state index contributed by atoms with van der Waals surface area (Å²) < 4.78 is 1.03. The average molecular weight is 254 g/mol. The fourth-order valence-corrected chi connectivity index (χ4v) is 2.16. The number of halogens is 1. The molecule has 4 heteroatoms. The molecule has 0 bridgehead atoms. The lowest BCUT2D eigenvalue weighted by atomic mass is 10.1. The molecule has 14 heavy (non-hydrogen) atoms. The number of nitrogens with one attached hydrogen (secondary N) is 1. The van der Waals surface area contributed by atoms with Crippen molar-refractivity contribution >= 4 is 27.0 Å². The second-order valence-electron chi connectivity index (χ2n) is 3.33. The normalized spacial score (nSPS) is 11.1. The van der Waals surface area contributed by atoms with Crippen molar-refractivity contribution in [3.05, 3.63) is 28.0 Å².